The molecule has 3 rings (SSSR count). The first kappa shape index (κ1) is 16.0. The lowest BCUT2D eigenvalue weighted by atomic mass is 9.81. The molecule has 1 amide bonds. The second-order valence-electron chi connectivity index (χ2n) is 6.83. The van der Waals surface area contributed by atoms with Crippen LogP contribution in [0.3, 0.4) is 0 Å². The van der Waals surface area contributed by atoms with E-state index in [4.69, 9.17) is 0 Å². The van der Waals surface area contributed by atoms with Crippen LogP contribution in [0.4, 0.5) is 5.95 Å². The molecule has 6 heteroatoms. The number of amides is 1. The molecule has 0 aromatic carbocycles. The van der Waals surface area contributed by atoms with Crippen molar-refractivity contribution in [3.8, 4) is 0 Å². The van der Waals surface area contributed by atoms with E-state index in [0.717, 1.165) is 38.0 Å². The summed E-state index contributed by atoms with van der Waals surface area (Å²) in [5.41, 5.74) is 0.484. The topological polar surface area (TPSA) is 69.3 Å². The van der Waals surface area contributed by atoms with Gasteiger partial charge in [-0.05, 0) is 26.2 Å². The molecule has 1 saturated carbocycles. The van der Waals surface area contributed by atoms with Gasteiger partial charge in [0.15, 0.2) is 0 Å². The Morgan fingerprint density at radius 3 is 2.48 bits per heavy atom. The summed E-state index contributed by atoms with van der Waals surface area (Å²) in [6.45, 7) is 6.82. The van der Waals surface area contributed by atoms with Gasteiger partial charge in [0.25, 0.3) is 5.56 Å². The van der Waals surface area contributed by atoms with Crippen LogP contribution in [0.1, 0.15) is 44.7 Å². The van der Waals surface area contributed by atoms with Crippen LogP contribution in [-0.4, -0.2) is 47.0 Å². The maximum atomic E-state index is 12.9. The monoisotopic (exact) mass is 318 g/mol. The van der Waals surface area contributed by atoms with Crippen molar-refractivity contribution in [3.63, 3.8) is 0 Å². The summed E-state index contributed by atoms with van der Waals surface area (Å²) < 4.78 is 0. The van der Waals surface area contributed by atoms with Gasteiger partial charge in [-0.1, -0.05) is 19.8 Å². The second kappa shape index (κ2) is 6.34. The molecule has 0 unspecified atom stereocenters. The third-order valence-electron chi connectivity index (χ3n) is 5.41. The van der Waals surface area contributed by atoms with Gasteiger partial charge in [0, 0.05) is 43.4 Å². The van der Waals surface area contributed by atoms with Gasteiger partial charge in [-0.15, -0.1) is 0 Å². The van der Waals surface area contributed by atoms with E-state index in [2.05, 4.69) is 21.8 Å². The van der Waals surface area contributed by atoms with Crippen LogP contribution < -0.4 is 10.5 Å². The minimum atomic E-state index is -0.123. The highest BCUT2D eigenvalue weighted by Gasteiger charge is 2.42. The summed E-state index contributed by atoms with van der Waals surface area (Å²) >= 11 is 0. The number of carbonyl (C=O) groups excluding carboxylic acids is 1. The number of carbonyl (C=O) groups is 1. The summed E-state index contributed by atoms with van der Waals surface area (Å²) in [4.78, 5) is 35.8. The maximum absolute atomic E-state index is 12.9. The molecule has 0 atom stereocenters. The van der Waals surface area contributed by atoms with Gasteiger partial charge < -0.3 is 9.80 Å². The molecule has 1 N–H and O–H groups in total. The highest BCUT2D eigenvalue weighted by molar-refractivity contribution is 5.83. The number of piperazine rings is 1. The average Bonchev–Trinajstić information content (AvgIpc) is 3.03. The van der Waals surface area contributed by atoms with Gasteiger partial charge in [0.05, 0.1) is 0 Å². The summed E-state index contributed by atoms with van der Waals surface area (Å²) in [7, 11) is 0. The zero-order valence-corrected chi connectivity index (χ0v) is 14.1. The van der Waals surface area contributed by atoms with E-state index in [1.807, 2.05) is 11.8 Å². The Morgan fingerprint density at radius 1 is 1.26 bits per heavy atom. The second-order valence-corrected chi connectivity index (χ2v) is 6.83. The van der Waals surface area contributed by atoms with Crippen molar-refractivity contribution in [1.29, 1.82) is 0 Å². The number of nitrogens with zero attached hydrogens (tertiary/aromatic N) is 3. The summed E-state index contributed by atoms with van der Waals surface area (Å²) in [6.07, 6.45) is 5.37. The standard InChI is InChI=1S/C17H26N4O2/c1-3-17(6-4-5-7-17)15(23)20-8-10-21(11-9-20)16-18-13(2)12-14(22)19-16/h12H,3-11H2,1-2H3,(H,18,19,22). The first-order chi connectivity index (χ1) is 11.0. The van der Waals surface area contributed by atoms with Gasteiger partial charge in [-0.2, -0.15) is 0 Å². The highest BCUT2D eigenvalue weighted by atomic mass is 16.2. The first-order valence-corrected chi connectivity index (χ1v) is 8.66. The average molecular weight is 318 g/mol. The van der Waals surface area contributed by atoms with Gasteiger partial charge in [0.1, 0.15) is 0 Å². The number of hydrogen-bond acceptors (Lipinski definition) is 4. The maximum Gasteiger partial charge on any atom is 0.252 e. The molecule has 2 heterocycles. The predicted octanol–water partition coefficient (Wildman–Crippen LogP) is 1.70. The lowest BCUT2D eigenvalue weighted by Crippen LogP contribution is -2.53. The van der Waals surface area contributed by atoms with Crippen LogP contribution in [0.5, 0.6) is 0 Å². The SMILES string of the molecule is CCC1(C(=O)N2CCN(c3nc(C)cc(=O)[nH]3)CC2)CCCC1. The molecule has 2 aliphatic rings. The van der Waals surface area contributed by atoms with Gasteiger partial charge in [0.2, 0.25) is 11.9 Å². The molecule has 1 aliphatic carbocycles. The normalized spacial score (nSPS) is 20.8. The van der Waals surface area contributed by atoms with E-state index in [9.17, 15) is 9.59 Å². The fourth-order valence-electron chi connectivity index (χ4n) is 3.94. The lowest BCUT2D eigenvalue weighted by molar-refractivity contribution is -0.142. The van der Waals surface area contributed by atoms with Gasteiger partial charge in [-0.3, -0.25) is 14.6 Å². The molecule has 0 spiro atoms. The number of H-pyrrole nitrogens is 1. The zero-order chi connectivity index (χ0) is 16.4. The molecule has 1 aromatic rings. The molecular formula is C17H26N4O2. The van der Waals surface area contributed by atoms with Gasteiger partial charge >= 0.3 is 0 Å². The molecule has 1 aliphatic heterocycles. The predicted molar refractivity (Wildman–Crippen MR) is 89.6 cm³/mol. The lowest BCUT2D eigenvalue weighted by Gasteiger charge is -2.39. The number of aromatic nitrogens is 2. The fourth-order valence-corrected chi connectivity index (χ4v) is 3.94. The van der Waals surface area contributed by atoms with E-state index >= 15 is 0 Å². The zero-order valence-electron chi connectivity index (χ0n) is 14.1. The van der Waals surface area contributed by atoms with E-state index in [1.165, 1.54) is 18.9 Å². The molecule has 1 aromatic heterocycles. The third-order valence-corrected chi connectivity index (χ3v) is 5.41. The minimum Gasteiger partial charge on any atom is -0.339 e. The van der Waals surface area contributed by atoms with Crippen LogP contribution in [-0.2, 0) is 4.79 Å². The number of aromatic amines is 1. The Labute approximate surface area is 136 Å². The number of aryl methyl sites for hydroxylation is 1. The quantitative estimate of drug-likeness (QED) is 0.921. The first-order valence-electron chi connectivity index (χ1n) is 8.66. The van der Waals surface area contributed by atoms with E-state index in [0.29, 0.717) is 24.9 Å². The van der Waals surface area contributed by atoms with Crippen molar-refractivity contribution in [1.82, 2.24) is 14.9 Å². The smallest absolute Gasteiger partial charge is 0.252 e. The Balaban J connectivity index is 1.66. The summed E-state index contributed by atoms with van der Waals surface area (Å²) in [6, 6.07) is 1.49. The van der Waals surface area contributed by atoms with Crippen LogP contribution in [0.2, 0.25) is 0 Å². The molecule has 126 valence electrons. The van der Waals surface area contributed by atoms with Crippen molar-refractivity contribution >= 4 is 11.9 Å². The third kappa shape index (κ3) is 3.12. The Bertz CT molecular complexity index is 626. The van der Waals surface area contributed by atoms with E-state index < -0.39 is 0 Å². The highest BCUT2D eigenvalue weighted by Crippen LogP contribution is 2.42. The van der Waals surface area contributed by atoms with E-state index in [-0.39, 0.29) is 11.0 Å². The van der Waals surface area contributed by atoms with Crippen molar-refractivity contribution in [3.05, 3.63) is 22.1 Å². The molecule has 1 saturated heterocycles. The Kier molecular flexibility index (Phi) is 4.41. The molecule has 6 nitrogen and oxygen atoms in total. The van der Waals surface area contributed by atoms with Crippen LogP contribution in [0.25, 0.3) is 0 Å². The molecule has 2 fully saturated rings. The van der Waals surface area contributed by atoms with Crippen LogP contribution in [0, 0.1) is 12.3 Å². The number of hydrogen-bond donors (Lipinski definition) is 1. The number of rotatable bonds is 3. The molecule has 0 bridgehead atoms. The summed E-state index contributed by atoms with van der Waals surface area (Å²) in [5.74, 6) is 0.955. The Hall–Kier alpha value is -1.85. The van der Waals surface area contributed by atoms with Crippen molar-refractivity contribution in [2.24, 2.45) is 5.41 Å². The van der Waals surface area contributed by atoms with Gasteiger partial charge in [-0.25, -0.2) is 4.98 Å². The largest absolute Gasteiger partial charge is 0.339 e. The molecular weight excluding hydrogens is 292 g/mol. The Morgan fingerprint density at radius 2 is 1.91 bits per heavy atom. The van der Waals surface area contributed by atoms with Crippen LogP contribution >= 0.6 is 0 Å². The van der Waals surface area contributed by atoms with Crippen molar-refractivity contribution < 1.29 is 4.79 Å². The van der Waals surface area contributed by atoms with Crippen molar-refractivity contribution in [2.75, 3.05) is 31.1 Å². The van der Waals surface area contributed by atoms with Crippen LogP contribution in [0.15, 0.2) is 10.9 Å². The number of anilines is 1. The van der Waals surface area contributed by atoms with Crippen molar-refractivity contribution in [2.45, 2.75) is 46.0 Å². The molecule has 0 radical (unpaired) electrons. The van der Waals surface area contributed by atoms with E-state index in [1.54, 1.807) is 0 Å². The minimum absolute atomic E-state index is 0.113. The molecule has 23 heavy (non-hydrogen) atoms. The number of nitrogens with one attached hydrogen (secondary N) is 1. The fraction of sp³-hybridized carbons (Fsp3) is 0.706. The summed E-state index contributed by atoms with van der Waals surface area (Å²) in [5, 5.41) is 0.